The van der Waals surface area contributed by atoms with Gasteiger partial charge in [-0.25, -0.2) is 0 Å². The van der Waals surface area contributed by atoms with Crippen LogP contribution >= 0.6 is 0 Å². The molecule has 1 aliphatic rings. The summed E-state index contributed by atoms with van der Waals surface area (Å²) in [4.78, 5) is 0. The van der Waals surface area contributed by atoms with Gasteiger partial charge in [-0.05, 0) is 42.7 Å². The molecule has 1 aromatic rings. The van der Waals surface area contributed by atoms with Crippen LogP contribution < -0.4 is 5.32 Å². The van der Waals surface area contributed by atoms with Crippen molar-refractivity contribution in [1.82, 2.24) is 5.32 Å². The molecule has 1 N–H and O–H groups in total. The van der Waals surface area contributed by atoms with Crippen molar-refractivity contribution in [2.75, 3.05) is 20.3 Å². The first-order chi connectivity index (χ1) is 8.26. The van der Waals surface area contributed by atoms with Crippen LogP contribution in [0, 0.1) is 12.3 Å². The Balaban J connectivity index is 1.75. The Bertz CT molecular complexity index is 358. The monoisotopic (exact) mass is 233 g/mol. The van der Waals surface area contributed by atoms with Crippen LogP contribution in [-0.4, -0.2) is 20.3 Å². The minimum absolute atomic E-state index is 0.540. The predicted molar refractivity (Wildman–Crippen MR) is 71.0 cm³/mol. The van der Waals surface area contributed by atoms with E-state index in [0.29, 0.717) is 5.41 Å². The first kappa shape index (κ1) is 12.6. The van der Waals surface area contributed by atoms with Crippen molar-refractivity contribution >= 4 is 0 Å². The number of benzene rings is 1. The molecule has 0 aromatic heterocycles. The van der Waals surface area contributed by atoms with E-state index in [1.54, 1.807) is 7.11 Å². The van der Waals surface area contributed by atoms with Gasteiger partial charge >= 0.3 is 0 Å². The fourth-order valence-corrected chi connectivity index (χ4v) is 2.28. The van der Waals surface area contributed by atoms with Crippen LogP contribution in [0.2, 0.25) is 0 Å². The van der Waals surface area contributed by atoms with Gasteiger partial charge in [0.1, 0.15) is 0 Å². The van der Waals surface area contributed by atoms with Gasteiger partial charge in [0.2, 0.25) is 0 Å². The number of methoxy groups -OCH3 is 1. The van der Waals surface area contributed by atoms with Crippen LogP contribution in [-0.2, 0) is 11.3 Å². The molecular formula is C15H23NO. The fraction of sp³-hybridized carbons (Fsp3) is 0.600. The number of hydrogen-bond donors (Lipinski definition) is 1. The van der Waals surface area contributed by atoms with Gasteiger partial charge in [-0.1, -0.05) is 24.3 Å². The summed E-state index contributed by atoms with van der Waals surface area (Å²) >= 11 is 0. The van der Waals surface area contributed by atoms with E-state index in [1.165, 1.54) is 30.4 Å². The molecule has 2 heteroatoms. The fourth-order valence-electron chi connectivity index (χ4n) is 2.28. The number of rotatable bonds is 7. The van der Waals surface area contributed by atoms with Gasteiger partial charge in [0.05, 0.1) is 0 Å². The second-order valence-electron chi connectivity index (χ2n) is 5.27. The van der Waals surface area contributed by atoms with E-state index in [2.05, 4.69) is 36.5 Å². The summed E-state index contributed by atoms with van der Waals surface area (Å²) in [6, 6.07) is 8.59. The summed E-state index contributed by atoms with van der Waals surface area (Å²) in [6.07, 6.45) is 3.92. The molecule has 0 radical (unpaired) electrons. The summed E-state index contributed by atoms with van der Waals surface area (Å²) in [5.41, 5.74) is 3.33. The van der Waals surface area contributed by atoms with Crippen molar-refractivity contribution in [3.8, 4) is 0 Å². The average molecular weight is 233 g/mol. The number of ether oxygens (including phenoxy) is 1. The van der Waals surface area contributed by atoms with Crippen LogP contribution in [0.3, 0.4) is 0 Å². The van der Waals surface area contributed by atoms with E-state index in [4.69, 9.17) is 4.74 Å². The Kier molecular flexibility index (Phi) is 4.19. The SMILES string of the molecule is COCCC1(CNCc2ccccc2C)CC1. The zero-order chi connectivity index (χ0) is 12.1. The van der Waals surface area contributed by atoms with Crippen LogP contribution in [0.4, 0.5) is 0 Å². The highest BCUT2D eigenvalue weighted by molar-refractivity contribution is 5.25. The molecule has 0 amide bonds. The molecule has 0 saturated heterocycles. The molecule has 1 saturated carbocycles. The van der Waals surface area contributed by atoms with E-state index in [-0.39, 0.29) is 0 Å². The summed E-state index contributed by atoms with van der Waals surface area (Å²) in [5.74, 6) is 0. The third-order valence-corrected chi connectivity index (χ3v) is 3.87. The maximum absolute atomic E-state index is 5.17. The Labute approximate surface area is 104 Å². The molecular weight excluding hydrogens is 210 g/mol. The lowest BCUT2D eigenvalue weighted by Gasteiger charge is -2.16. The summed E-state index contributed by atoms with van der Waals surface area (Å²) in [7, 11) is 1.79. The Morgan fingerprint density at radius 3 is 2.71 bits per heavy atom. The molecule has 1 aromatic carbocycles. The van der Waals surface area contributed by atoms with Crippen molar-refractivity contribution < 1.29 is 4.74 Å². The molecule has 2 nitrogen and oxygen atoms in total. The van der Waals surface area contributed by atoms with Crippen molar-refractivity contribution in [3.63, 3.8) is 0 Å². The maximum Gasteiger partial charge on any atom is 0.0468 e. The molecule has 0 aliphatic heterocycles. The van der Waals surface area contributed by atoms with Crippen LogP contribution in [0.15, 0.2) is 24.3 Å². The molecule has 0 atom stereocenters. The quantitative estimate of drug-likeness (QED) is 0.782. The summed E-state index contributed by atoms with van der Waals surface area (Å²) in [6.45, 7) is 5.19. The van der Waals surface area contributed by atoms with Gasteiger partial charge in [0, 0.05) is 26.8 Å². The third-order valence-electron chi connectivity index (χ3n) is 3.87. The average Bonchev–Trinajstić information content (AvgIpc) is 3.10. The standard InChI is InChI=1S/C15H23NO/c1-13-5-3-4-6-14(13)11-16-12-15(7-8-15)9-10-17-2/h3-6,16H,7-12H2,1-2H3. The van der Waals surface area contributed by atoms with Gasteiger partial charge in [0.25, 0.3) is 0 Å². The number of hydrogen-bond acceptors (Lipinski definition) is 2. The zero-order valence-corrected chi connectivity index (χ0v) is 11.0. The Morgan fingerprint density at radius 1 is 1.29 bits per heavy atom. The summed E-state index contributed by atoms with van der Waals surface area (Å²) < 4.78 is 5.17. The van der Waals surface area contributed by atoms with E-state index >= 15 is 0 Å². The molecule has 0 spiro atoms. The number of aryl methyl sites for hydroxylation is 1. The first-order valence-electron chi connectivity index (χ1n) is 6.50. The van der Waals surface area contributed by atoms with E-state index in [9.17, 15) is 0 Å². The second kappa shape index (κ2) is 5.65. The first-order valence-corrected chi connectivity index (χ1v) is 6.50. The molecule has 17 heavy (non-hydrogen) atoms. The van der Waals surface area contributed by atoms with Crippen LogP contribution in [0.1, 0.15) is 30.4 Å². The van der Waals surface area contributed by atoms with Crippen molar-refractivity contribution in [2.24, 2.45) is 5.41 Å². The van der Waals surface area contributed by atoms with Crippen molar-refractivity contribution in [1.29, 1.82) is 0 Å². The predicted octanol–water partition coefficient (Wildman–Crippen LogP) is 2.90. The van der Waals surface area contributed by atoms with Crippen LogP contribution in [0.25, 0.3) is 0 Å². The molecule has 1 fully saturated rings. The third kappa shape index (κ3) is 3.55. The van der Waals surface area contributed by atoms with Gasteiger partial charge in [-0.2, -0.15) is 0 Å². The lowest BCUT2D eigenvalue weighted by Crippen LogP contribution is -2.24. The van der Waals surface area contributed by atoms with Gasteiger partial charge < -0.3 is 10.1 Å². The van der Waals surface area contributed by atoms with E-state index in [1.807, 2.05) is 0 Å². The smallest absolute Gasteiger partial charge is 0.0468 e. The maximum atomic E-state index is 5.17. The zero-order valence-electron chi connectivity index (χ0n) is 11.0. The molecule has 1 aliphatic carbocycles. The minimum atomic E-state index is 0.540. The lowest BCUT2D eigenvalue weighted by atomic mass is 10.0. The van der Waals surface area contributed by atoms with Crippen molar-refractivity contribution in [2.45, 2.75) is 32.7 Å². The molecule has 0 heterocycles. The molecule has 2 rings (SSSR count). The van der Waals surface area contributed by atoms with E-state index < -0.39 is 0 Å². The van der Waals surface area contributed by atoms with Gasteiger partial charge in [-0.15, -0.1) is 0 Å². The van der Waals surface area contributed by atoms with E-state index in [0.717, 1.165) is 19.7 Å². The molecule has 0 unspecified atom stereocenters. The van der Waals surface area contributed by atoms with Crippen molar-refractivity contribution in [3.05, 3.63) is 35.4 Å². The Hall–Kier alpha value is -0.860. The molecule has 0 bridgehead atoms. The molecule has 94 valence electrons. The second-order valence-corrected chi connectivity index (χ2v) is 5.27. The normalized spacial score (nSPS) is 17.1. The lowest BCUT2D eigenvalue weighted by molar-refractivity contribution is 0.171. The Morgan fingerprint density at radius 2 is 2.06 bits per heavy atom. The van der Waals surface area contributed by atoms with Gasteiger partial charge in [0.15, 0.2) is 0 Å². The highest BCUT2D eigenvalue weighted by Crippen LogP contribution is 2.48. The highest BCUT2D eigenvalue weighted by atomic mass is 16.5. The topological polar surface area (TPSA) is 21.3 Å². The van der Waals surface area contributed by atoms with Gasteiger partial charge in [-0.3, -0.25) is 0 Å². The summed E-state index contributed by atoms with van der Waals surface area (Å²) in [5, 5.41) is 3.60. The van der Waals surface area contributed by atoms with Crippen LogP contribution in [0.5, 0.6) is 0 Å². The largest absolute Gasteiger partial charge is 0.385 e. The highest BCUT2D eigenvalue weighted by Gasteiger charge is 2.41. The minimum Gasteiger partial charge on any atom is -0.385 e. The number of nitrogens with one attached hydrogen (secondary N) is 1.